The fraction of sp³-hybridized carbons (Fsp3) is 0.300. The van der Waals surface area contributed by atoms with Crippen molar-refractivity contribution in [3.8, 4) is 0 Å². The van der Waals surface area contributed by atoms with Gasteiger partial charge in [0.05, 0.1) is 5.02 Å². The summed E-state index contributed by atoms with van der Waals surface area (Å²) in [5, 5.41) is 0.207. The summed E-state index contributed by atoms with van der Waals surface area (Å²) in [7, 11) is 0. The first-order valence-electron chi connectivity index (χ1n) is 4.07. The Morgan fingerprint density at radius 3 is 2.50 bits per heavy atom. The fourth-order valence-corrected chi connectivity index (χ4v) is 1.48. The Labute approximate surface area is 76.4 Å². The van der Waals surface area contributed by atoms with E-state index in [0.29, 0.717) is 0 Å². The summed E-state index contributed by atoms with van der Waals surface area (Å²) < 4.78 is 13.0. The van der Waals surface area contributed by atoms with E-state index >= 15 is 0 Å². The van der Waals surface area contributed by atoms with Gasteiger partial charge in [0.1, 0.15) is 5.82 Å². The quantitative estimate of drug-likeness (QED) is 0.624. The number of hydrogen-bond acceptors (Lipinski definition) is 0. The van der Waals surface area contributed by atoms with Crippen molar-refractivity contribution in [3.63, 3.8) is 0 Å². The Kier molecular flexibility index (Phi) is 2.05. The molecular weight excluding hydrogens is 175 g/mol. The number of benzene rings is 1. The van der Waals surface area contributed by atoms with E-state index in [0.717, 1.165) is 18.4 Å². The molecule has 0 spiro atoms. The molecule has 2 heteroatoms. The van der Waals surface area contributed by atoms with Crippen molar-refractivity contribution in [1.82, 2.24) is 0 Å². The highest BCUT2D eigenvalue weighted by atomic mass is 35.5. The van der Waals surface area contributed by atoms with Gasteiger partial charge in [-0.15, -0.1) is 0 Å². The molecule has 1 aliphatic rings. The minimum absolute atomic E-state index is 0.207. The van der Waals surface area contributed by atoms with Crippen molar-refractivity contribution in [2.45, 2.75) is 19.3 Å². The average Bonchev–Trinajstić information content (AvgIpc) is 1.93. The number of halogens is 2. The highest BCUT2D eigenvalue weighted by Gasteiger charge is 2.20. The lowest BCUT2D eigenvalue weighted by Gasteiger charge is -2.24. The average molecular weight is 184 g/mol. The summed E-state index contributed by atoms with van der Waals surface area (Å²) in [6.45, 7) is 0. The molecule has 1 aromatic carbocycles. The molecule has 0 aliphatic heterocycles. The van der Waals surface area contributed by atoms with E-state index < -0.39 is 0 Å². The van der Waals surface area contributed by atoms with E-state index in [1.54, 1.807) is 6.07 Å². The van der Waals surface area contributed by atoms with Crippen LogP contribution in [0.25, 0.3) is 0 Å². The van der Waals surface area contributed by atoms with Crippen LogP contribution in [0.3, 0.4) is 0 Å². The molecule has 0 aromatic heterocycles. The first kappa shape index (κ1) is 8.06. The third-order valence-electron chi connectivity index (χ3n) is 2.28. The Hall–Kier alpha value is -0.560. The fourth-order valence-electron chi connectivity index (χ4n) is 1.36. The van der Waals surface area contributed by atoms with Crippen molar-refractivity contribution in [1.29, 1.82) is 0 Å². The zero-order valence-electron chi connectivity index (χ0n) is 6.61. The number of rotatable bonds is 1. The zero-order valence-corrected chi connectivity index (χ0v) is 7.37. The Bertz CT molecular complexity index is 292. The molecule has 1 aliphatic carbocycles. The Balaban J connectivity index is 2.27. The predicted octanol–water partition coefficient (Wildman–Crippen LogP) is 3.59. The zero-order chi connectivity index (χ0) is 8.55. The highest BCUT2D eigenvalue weighted by Crippen LogP contribution is 2.36. The van der Waals surface area contributed by atoms with Crippen LogP contribution in [0.15, 0.2) is 18.2 Å². The molecular formula is C10H9ClF. The first-order chi connectivity index (χ1) is 5.77. The van der Waals surface area contributed by atoms with Gasteiger partial charge in [-0.2, -0.15) is 0 Å². The minimum atomic E-state index is -0.312. The van der Waals surface area contributed by atoms with Gasteiger partial charge < -0.3 is 0 Å². The minimum Gasteiger partial charge on any atom is -0.205 e. The van der Waals surface area contributed by atoms with Crippen molar-refractivity contribution in [2.24, 2.45) is 0 Å². The van der Waals surface area contributed by atoms with Crippen LogP contribution in [0.1, 0.15) is 24.8 Å². The van der Waals surface area contributed by atoms with Crippen LogP contribution in [-0.2, 0) is 0 Å². The smallest absolute Gasteiger partial charge is 0.142 e. The van der Waals surface area contributed by atoms with Crippen LogP contribution in [0, 0.1) is 11.7 Å². The third-order valence-corrected chi connectivity index (χ3v) is 2.59. The van der Waals surface area contributed by atoms with Gasteiger partial charge in [-0.05, 0) is 30.5 Å². The lowest BCUT2D eigenvalue weighted by molar-refractivity contribution is 0.570. The molecule has 0 N–H and O–H groups in total. The van der Waals surface area contributed by atoms with Gasteiger partial charge >= 0.3 is 0 Å². The molecule has 1 radical (unpaired) electrons. The highest BCUT2D eigenvalue weighted by molar-refractivity contribution is 6.30. The summed E-state index contributed by atoms with van der Waals surface area (Å²) in [6, 6.07) is 5.04. The molecule has 63 valence electrons. The lowest BCUT2D eigenvalue weighted by atomic mass is 9.80. The number of hydrogen-bond donors (Lipinski definition) is 0. The summed E-state index contributed by atoms with van der Waals surface area (Å²) in [5.41, 5.74) is 1.02. The maximum Gasteiger partial charge on any atom is 0.142 e. The molecule has 0 amide bonds. The standard InChI is InChI=1S/C10H9ClF/c11-9-5-4-8(6-10(9)12)7-2-1-3-7/h4-6H,1-3H2. The third kappa shape index (κ3) is 1.34. The van der Waals surface area contributed by atoms with E-state index in [4.69, 9.17) is 11.6 Å². The van der Waals surface area contributed by atoms with Crippen LogP contribution < -0.4 is 0 Å². The second-order valence-corrected chi connectivity index (χ2v) is 3.49. The van der Waals surface area contributed by atoms with Gasteiger partial charge in [-0.3, -0.25) is 0 Å². The van der Waals surface area contributed by atoms with Crippen molar-refractivity contribution >= 4 is 11.6 Å². The Morgan fingerprint density at radius 1 is 1.25 bits per heavy atom. The summed E-state index contributed by atoms with van der Waals surface area (Å²) in [6.07, 6.45) is 3.46. The SMILES string of the molecule is Fc1cc([C]2CCC2)ccc1Cl. The van der Waals surface area contributed by atoms with Crippen molar-refractivity contribution in [2.75, 3.05) is 0 Å². The molecule has 0 nitrogen and oxygen atoms in total. The summed E-state index contributed by atoms with van der Waals surface area (Å²) in [5.74, 6) is 1.04. The topological polar surface area (TPSA) is 0 Å². The van der Waals surface area contributed by atoms with Gasteiger partial charge in [0.15, 0.2) is 0 Å². The maximum absolute atomic E-state index is 13.0. The molecule has 0 heterocycles. The maximum atomic E-state index is 13.0. The second kappa shape index (κ2) is 3.06. The van der Waals surface area contributed by atoms with Gasteiger partial charge in [-0.1, -0.05) is 24.1 Å². The first-order valence-corrected chi connectivity index (χ1v) is 4.45. The molecule has 1 fully saturated rings. The van der Waals surface area contributed by atoms with E-state index in [1.165, 1.54) is 18.4 Å². The molecule has 0 bridgehead atoms. The lowest BCUT2D eigenvalue weighted by Crippen LogP contribution is -2.09. The van der Waals surface area contributed by atoms with Gasteiger partial charge in [0.25, 0.3) is 0 Å². The van der Waals surface area contributed by atoms with Gasteiger partial charge in [0.2, 0.25) is 0 Å². The van der Waals surface area contributed by atoms with Crippen LogP contribution in [0.5, 0.6) is 0 Å². The van der Waals surface area contributed by atoms with E-state index in [-0.39, 0.29) is 10.8 Å². The van der Waals surface area contributed by atoms with Crippen molar-refractivity contribution < 1.29 is 4.39 Å². The molecule has 1 aromatic rings. The molecule has 12 heavy (non-hydrogen) atoms. The predicted molar refractivity (Wildman–Crippen MR) is 47.6 cm³/mol. The largest absolute Gasteiger partial charge is 0.205 e. The molecule has 0 atom stereocenters. The van der Waals surface area contributed by atoms with Crippen LogP contribution in [0.2, 0.25) is 5.02 Å². The second-order valence-electron chi connectivity index (χ2n) is 3.09. The normalized spacial score (nSPS) is 17.5. The summed E-state index contributed by atoms with van der Waals surface area (Å²) >= 11 is 5.56. The van der Waals surface area contributed by atoms with Crippen molar-refractivity contribution in [3.05, 3.63) is 40.5 Å². The Morgan fingerprint density at radius 2 is 2.00 bits per heavy atom. The van der Waals surface area contributed by atoms with Crippen LogP contribution >= 0.6 is 11.6 Å². The van der Waals surface area contributed by atoms with E-state index in [9.17, 15) is 4.39 Å². The summed E-state index contributed by atoms with van der Waals surface area (Å²) in [4.78, 5) is 0. The van der Waals surface area contributed by atoms with Gasteiger partial charge in [-0.25, -0.2) is 4.39 Å². The molecule has 0 unspecified atom stereocenters. The van der Waals surface area contributed by atoms with E-state index in [1.807, 2.05) is 6.07 Å². The molecule has 0 saturated heterocycles. The van der Waals surface area contributed by atoms with Gasteiger partial charge in [0, 0.05) is 5.92 Å². The van der Waals surface area contributed by atoms with Crippen LogP contribution in [0.4, 0.5) is 4.39 Å². The monoisotopic (exact) mass is 183 g/mol. The van der Waals surface area contributed by atoms with Crippen LogP contribution in [-0.4, -0.2) is 0 Å². The van der Waals surface area contributed by atoms with E-state index in [2.05, 4.69) is 0 Å². The molecule has 1 saturated carbocycles. The molecule has 2 rings (SSSR count).